The normalized spacial score (nSPS) is 11.3. The molecule has 0 aliphatic heterocycles. The van der Waals surface area contributed by atoms with Gasteiger partial charge in [0.25, 0.3) is 0 Å². The molecular formula is C15H15F3N2O. The summed E-state index contributed by atoms with van der Waals surface area (Å²) in [7, 11) is 1.51. The summed E-state index contributed by atoms with van der Waals surface area (Å²) < 4.78 is 44.1. The van der Waals surface area contributed by atoms with Crippen LogP contribution in [-0.4, -0.2) is 12.0 Å². The van der Waals surface area contributed by atoms with Gasteiger partial charge in [0.2, 0.25) is 5.88 Å². The highest BCUT2D eigenvalue weighted by Gasteiger charge is 2.32. The molecule has 0 aliphatic carbocycles. The van der Waals surface area contributed by atoms with E-state index in [4.69, 9.17) is 4.74 Å². The molecule has 21 heavy (non-hydrogen) atoms. The van der Waals surface area contributed by atoms with Crippen LogP contribution in [0.25, 0.3) is 0 Å². The van der Waals surface area contributed by atoms with Gasteiger partial charge < -0.3 is 10.1 Å². The van der Waals surface area contributed by atoms with Gasteiger partial charge in [0.1, 0.15) is 11.6 Å². The molecule has 0 aliphatic rings. The molecule has 0 spiro atoms. The van der Waals surface area contributed by atoms with Gasteiger partial charge in [-0.15, -0.1) is 0 Å². The standard InChI is InChI=1S/C15H15F3N2O/c1-3-10-6-4-5-7-12(10)21-14-9-11(15(16,17)18)8-13(19-2)20-14/h4-9H,3H2,1-2H3,(H,19,20). The first-order valence-electron chi connectivity index (χ1n) is 6.47. The van der Waals surface area contributed by atoms with Crippen molar-refractivity contribution in [2.45, 2.75) is 19.5 Å². The zero-order chi connectivity index (χ0) is 15.5. The van der Waals surface area contributed by atoms with Crippen molar-refractivity contribution in [3.05, 3.63) is 47.5 Å². The lowest BCUT2D eigenvalue weighted by atomic mass is 10.1. The van der Waals surface area contributed by atoms with Crippen molar-refractivity contribution in [3.63, 3.8) is 0 Å². The Bertz CT molecular complexity index is 627. The highest BCUT2D eigenvalue weighted by Crippen LogP contribution is 2.34. The van der Waals surface area contributed by atoms with E-state index in [2.05, 4.69) is 10.3 Å². The van der Waals surface area contributed by atoms with Crippen LogP contribution < -0.4 is 10.1 Å². The van der Waals surface area contributed by atoms with Gasteiger partial charge in [0, 0.05) is 13.1 Å². The fraction of sp³-hybridized carbons (Fsp3) is 0.267. The molecule has 2 aromatic rings. The average Bonchev–Trinajstić information content (AvgIpc) is 2.46. The van der Waals surface area contributed by atoms with E-state index in [0.29, 0.717) is 12.2 Å². The van der Waals surface area contributed by atoms with Gasteiger partial charge in [-0.05, 0) is 24.1 Å². The third-order valence-corrected chi connectivity index (χ3v) is 2.95. The van der Waals surface area contributed by atoms with Crippen LogP contribution in [0, 0.1) is 0 Å². The van der Waals surface area contributed by atoms with Gasteiger partial charge in [-0.25, -0.2) is 0 Å². The summed E-state index contributed by atoms with van der Waals surface area (Å²) in [5, 5.41) is 2.60. The molecule has 3 nitrogen and oxygen atoms in total. The number of nitrogens with one attached hydrogen (secondary N) is 1. The smallest absolute Gasteiger partial charge is 0.416 e. The van der Waals surface area contributed by atoms with Gasteiger partial charge in [-0.2, -0.15) is 18.2 Å². The Hall–Kier alpha value is -2.24. The largest absolute Gasteiger partial charge is 0.439 e. The number of aromatic nitrogens is 1. The summed E-state index contributed by atoms with van der Waals surface area (Å²) in [5.74, 6) is 0.526. The van der Waals surface area contributed by atoms with E-state index in [0.717, 1.165) is 17.7 Å². The molecule has 1 aromatic carbocycles. The quantitative estimate of drug-likeness (QED) is 0.902. The predicted octanol–water partition coefficient (Wildman–Crippen LogP) is 4.50. The number of pyridine rings is 1. The molecule has 0 saturated carbocycles. The maximum Gasteiger partial charge on any atom is 0.416 e. The summed E-state index contributed by atoms with van der Waals surface area (Å²) in [4.78, 5) is 4.00. The van der Waals surface area contributed by atoms with Crippen molar-refractivity contribution >= 4 is 5.82 Å². The molecule has 0 amide bonds. The molecule has 0 radical (unpaired) electrons. The van der Waals surface area contributed by atoms with Crippen LogP contribution in [0.3, 0.4) is 0 Å². The fourth-order valence-electron chi connectivity index (χ4n) is 1.86. The van der Waals surface area contributed by atoms with Gasteiger partial charge in [-0.3, -0.25) is 0 Å². The minimum absolute atomic E-state index is 0.0879. The van der Waals surface area contributed by atoms with Crippen molar-refractivity contribution in [3.8, 4) is 11.6 Å². The molecule has 0 saturated heterocycles. The molecule has 1 N–H and O–H groups in total. The maximum atomic E-state index is 12.9. The van der Waals surface area contributed by atoms with Crippen LogP contribution in [0.5, 0.6) is 11.6 Å². The second-order valence-corrected chi connectivity index (χ2v) is 4.39. The highest BCUT2D eigenvalue weighted by molar-refractivity contribution is 5.44. The second kappa shape index (κ2) is 6.03. The molecule has 1 aromatic heterocycles. The Morgan fingerprint density at radius 2 is 1.90 bits per heavy atom. The number of hydrogen-bond donors (Lipinski definition) is 1. The summed E-state index contributed by atoms with van der Waals surface area (Å²) in [6, 6.07) is 9.03. The van der Waals surface area contributed by atoms with E-state index in [1.165, 1.54) is 7.05 Å². The number of halogens is 3. The Morgan fingerprint density at radius 1 is 1.19 bits per heavy atom. The molecular weight excluding hydrogens is 281 g/mol. The number of benzene rings is 1. The third kappa shape index (κ3) is 3.65. The van der Waals surface area contributed by atoms with E-state index in [1.807, 2.05) is 19.1 Å². The predicted molar refractivity (Wildman–Crippen MR) is 74.7 cm³/mol. The van der Waals surface area contributed by atoms with Crippen molar-refractivity contribution in [2.24, 2.45) is 0 Å². The van der Waals surface area contributed by atoms with Crippen LogP contribution in [0.2, 0.25) is 0 Å². The molecule has 2 rings (SSSR count). The minimum atomic E-state index is -4.45. The second-order valence-electron chi connectivity index (χ2n) is 4.39. The Labute approximate surface area is 120 Å². The van der Waals surface area contributed by atoms with E-state index < -0.39 is 11.7 Å². The highest BCUT2D eigenvalue weighted by atomic mass is 19.4. The molecule has 6 heteroatoms. The van der Waals surface area contributed by atoms with Crippen LogP contribution >= 0.6 is 0 Å². The topological polar surface area (TPSA) is 34.1 Å². The van der Waals surface area contributed by atoms with Crippen molar-refractivity contribution in [2.75, 3.05) is 12.4 Å². The number of aryl methyl sites for hydroxylation is 1. The minimum Gasteiger partial charge on any atom is -0.439 e. The molecule has 112 valence electrons. The zero-order valence-electron chi connectivity index (χ0n) is 11.7. The first-order chi connectivity index (χ1) is 9.94. The van der Waals surface area contributed by atoms with Gasteiger partial charge in [0.15, 0.2) is 0 Å². The van der Waals surface area contributed by atoms with Crippen molar-refractivity contribution < 1.29 is 17.9 Å². The van der Waals surface area contributed by atoms with Gasteiger partial charge >= 0.3 is 6.18 Å². The van der Waals surface area contributed by atoms with Crippen LogP contribution in [0.15, 0.2) is 36.4 Å². The van der Waals surface area contributed by atoms with E-state index in [1.54, 1.807) is 12.1 Å². The molecule has 0 atom stereocenters. The number of para-hydroxylation sites is 1. The van der Waals surface area contributed by atoms with Crippen molar-refractivity contribution in [1.82, 2.24) is 4.98 Å². The lowest BCUT2D eigenvalue weighted by Gasteiger charge is -2.13. The summed E-state index contributed by atoms with van der Waals surface area (Å²) in [6.45, 7) is 1.95. The molecule has 0 bridgehead atoms. The number of ether oxygens (including phenoxy) is 1. The fourth-order valence-corrected chi connectivity index (χ4v) is 1.86. The Balaban J connectivity index is 2.39. The first-order valence-corrected chi connectivity index (χ1v) is 6.47. The maximum absolute atomic E-state index is 12.9. The van der Waals surface area contributed by atoms with Crippen LogP contribution in [-0.2, 0) is 12.6 Å². The Morgan fingerprint density at radius 3 is 2.52 bits per heavy atom. The molecule has 0 fully saturated rings. The number of hydrogen-bond acceptors (Lipinski definition) is 3. The van der Waals surface area contributed by atoms with Crippen LogP contribution in [0.4, 0.5) is 19.0 Å². The number of nitrogens with zero attached hydrogens (tertiary/aromatic N) is 1. The van der Waals surface area contributed by atoms with E-state index in [-0.39, 0.29) is 11.7 Å². The molecule has 0 unspecified atom stereocenters. The SMILES string of the molecule is CCc1ccccc1Oc1cc(C(F)(F)F)cc(NC)n1. The van der Waals surface area contributed by atoms with Crippen LogP contribution in [0.1, 0.15) is 18.1 Å². The summed E-state index contributed by atoms with van der Waals surface area (Å²) in [6.07, 6.45) is -3.73. The first kappa shape index (κ1) is 15.2. The summed E-state index contributed by atoms with van der Waals surface area (Å²) >= 11 is 0. The number of anilines is 1. The zero-order valence-corrected chi connectivity index (χ0v) is 11.7. The number of alkyl halides is 3. The van der Waals surface area contributed by atoms with E-state index in [9.17, 15) is 13.2 Å². The average molecular weight is 296 g/mol. The lowest BCUT2D eigenvalue weighted by Crippen LogP contribution is -2.07. The third-order valence-electron chi connectivity index (χ3n) is 2.95. The monoisotopic (exact) mass is 296 g/mol. The Kier molecular flexibility index (Phi) is 4.35. The number of rotatable bonds is 4. The van der Waals surface area contributed by atoms with Gasteiger partial charge in [-0.1, -0.05) is 25.1 Å². The van der Waals surface area contributed by atoms with Crippen molar-refractivity contribution in [1.29, 1.82) is 0 Å². The van der Waals surface area contributed by atoms with Gasteiger partial charge in [0.05, 0.1) is 5.56 Å². The summed E-state index contributed by atoms with van der Waals surface area (Å²) in [5.41, 5.74) is 0.105. The van der Waals surface area contributed by atoms with E-state index >= 15 is 0 Å². The lowest BCUT2D eigenvalue weighted by molar-refractivity contribution is -0.137. The molecule has 1 heterocycles.